The fourth-order valence-electron chi connectivity index (χ4n) is 3.04. The number of carbonyl (C=O) groups is 1. The number of hydrogen-bond donors (Lipinski definition) is 0. The number of hydrogen-bond acceptors (Lipinski definition) is 4. The highest BCUT2D eigenvalue weighted by molar-refractivity contribution is 5.87. The summed E-state index contributed by atoms with van der Waals surface area (Å²) < 4.78 is 5.33. The number of nitriles is 2. The maximum atomic E-state index is 11.5. The molecular weight excluding hydrogens is 216 g/mol. The lowest BCUT2D eigenvalue weighted by Crippen LogP contribution is -2.33. The summed E-state index contributed by atoms with van der Waals surface area (Å²) in [5, 5.41) is 18.1. The molecule has 0 saturated heterocycles. The third kappa shape index (κ3) is 1.80. The number of esters is 1. The highest BCUT2D eigenvalue weighted by Crippen LogP contribution is 2.52. The largest absolute Gasteiger partial charge is 0.459 e. The van der Waals surface area contributed by atoms with Gasteiger partial charge < -0.3 is 4.74 Å². The molecule has 2 saturated carbocycles. The summed E-state index contributed by atoms with van der Waals surface area (Å²) in [4.78, 5) is 11.5. The Hall–Kier alpha value is -1.81. The first-order valence-electron chi connectivity index (χ1n) is 5.74. The fourth-order valence-corrected chi connectivity index (χ4v) is 3.04. The van der Waals surface area contributed by atoms with Crippen LogP contribution >= 0.6 is 0 Å². The van der Waals surface area contributed by atoms with Gasteiger partial charge in [0, 0.05) is 11.5 Å². The van der Waals surface area contributed by atoms with E-state index in [1.807, 2.05) is 0 Å². The van der Waals surface area contributed by atoms with Gasteiger partial charge in [-0.3, -0.25) is 0 Å². The van der Waals surface area contributed by atoms with Crippen LogP contribution in [0.15, 0.2) is 12.2 Å². The number of rotatable bonds is 2. The summed E-state index contributed by atoms with van der Waals surface area (Å²) in [5.74, 6) is -0.644. The molecule has 88 valence electrons. The molecule has 2 rings (SSSR count). The van der Waals surface area contributed by atoms with Crippen LogP contribution < -0.4 is 0 Å². The molecule has 2 bridgehead atoms. The number of nitrogens with zero attached hydrogens (tertiary/aromatic N) is 2. The molecular formula is C13H14N2O2. The summed E-state index contributed by atoms with van der Waals surface area (Å²) in [6.45, 7) is 5.14. The van der Waals surface area contributed by atoms with Gasteiger partial charge in [-0.25, -0.2) is 4.79 Å². The van der Waals surface area contributed by atoms with E-state index in [4.69, 9.17) is 15.3 Å². The first kappa shape index (κ1) is 11.7. The third-order valence-electron chi connectivity index (χ3n) is 3.85. The molecule has 5 unspecified atom stereocenters. The number of carbonyl (C=O) groups excluding carboxylic acids is 1. The lowest BCUT2D eigenvalue weighted by molar-refractivity contribution is -0.147. The van der Waals surface area contributed by atoms with E-state index in [-0.39, 0.29) is 29.8 Å². The first-order valence-corrected chi connectivity index (χ1v) is 5.74. The van der Waals surface area contributed by atoms with E-state index in [1.54, 1.807) is 6.92 Å². The van der Waals surface area contributed by atoms with Gasteiger partial charge >= 0.3 is 5.97 Å². The second-order valence-corrected chi connectivity index (χ2v) is 4.93. The van der Waals surface area contributed by atoms with Gasteiger partial charge in [0.05, 0.1) is 24.0 Å². The Morgan fingerprint density at radius 1 is 1.29 bits per heavy atom. The molecule has 2 fully saturated rings. The monoisotopic (exact) mass is 230 g/mol. The van der Waals surface area contributed by atoms with Crippen LogP contribution in [0.2, 0.25) is 0 Å². The van der Waals surface area contributed by atoms with E-state index in [1.165, 1.54) is 0 Å². The Morgan fingerprint density at radius 3 is 2.47 bits per heavy atom. The smallest absolute Gasteiger partial charge is 0.333 e. The maximum absolute atomic E-state index is 11.5. The van der Waals surface area contributed by atoms with Crippen molar-refractivity contribution >= 4 is 5.97 Å². The van der Waals surface area contributed by atoms with Crippen molar-refractivity contribution in [1.29, 1.82) is 10.5 Å². The Balaban J connectivity index is 2.08. The molecule has 0 heterocycles. The van der Waals surface area contributed by atoms with Crippen molar-refractivity contribution in [2.24, 2.45) is 23.7 Å². The van der Waals surface area contributed by atoms with Crippen LogP contribution in [0.4, 0.5) is 0 Å². The molecule has 0 aromatic rings. The highest BCUT2D eigenvalue weighted by Gasteiger charge is 2.54. The molecule has 5 atom stereocenters. The zero-order valence-electron chi connectivity index (χ0n) is 9.72. The molecule has 0 radical (unpaired) electrons. The van der Waals surface area contributed by atoms with Gasteiger partial charge in [-0.05, 0) is 25.7 Å². The lowest BCUT2D eigenvalue weighted by atomic mass is 9.79. The minimum Gasteiger partial charge on any atom is -0.459 e. The Morgan fingerprint density at radius 2 is 1.94 bits per heavy atom. The molecule has 2 aliphatic rings. The normalized spacial score (nSPS) is 38.2. The van der Waals surface area contributed by atoms with E-state index in [9.17, 15) is 4.79 Å². The second kappa shape index (κ2) is 4.22. The average molecular weight is 230 g/mol. The van der Waals surface area contributed by atoms with E-state index in [0.29, 0.717) is 12.0 Å². The average Bonchev–Trinajstić information content (AvgIpc) is 2.84. The maximum Gasteiger partial charge on any atom is 0.333 e. The fraction of sp³-hybridized carbons (Fsp3) is 0.615. The van der Waals surface area contributed by atoms with Gasteiger partial charge in [-0.15, -0.1) is 0 Å². The summed E-state index contributed by atoms with van der Waals surface area (Å²) >= 11 is 0. The molecule has 0 aromatic carbocycles. The Kier molecular flexibility index (Phi) is 2.90. The van der Waals surface area contributed by atoms with Gasteiger partial charge in [0.15, 0.2) is 0 Å². The lowest BCUT2D eigenvalue weighted by Gasteiger charge is -2.28. The quantitative estimate of drug-likeness (QED) is 0.535. The minimum atomic E-state index is -0.396. The summed E-state index contributed by atoms with van der Waals surface area (Å²) in [5.41, 5.74) is 0.373. The van der Waals surface area contributed by atoms with Crippen molar-refractivity contribution in [3.63, 3.8) is 0 Å². The predicted octanol–water partition coefficient (Wildman–Crippen LogP) is 1.79. The summed E-state index contributed by atoms with van der Waals surface area (Å²) in [6, 6.07) is 4.41. The van der Waals surface area contributed by atoms with Crippen LogP contribution in [0, 0.1) is 46.3 Å². The van der Waals surface area contributed by atoms with Crippen LogP contribution in [0.1, 0.15) is 19.8 Å². The topological polar surface area (TPSA) is 73.9 Å². The minimum absolute atomic E-state index is 0.0259. The molecule has 17 heavy (non-hydrogen) atoms. The molecule has 4 nitrogen and oxygen atoms in total. The van der Waals surface area contributed by atoms with Crippen molar-refractivity contribution in [2.75, 3.05) is 0 Å². The molecule has 0 N–H and O–H groups in total. The zero-order chi connectivity index (χ0) is 12.6. The van der Waals surface area contributed by atoms with Crippen molar-refractivity contribution in [2.45, 2.75) is 25.9 Å². The van der Waals surface area contributed by atoms with Crippen LogP contribution in [0.3, 0.4) is 0 Å². The number of ether oxygens (including phenoxy) is 1. The first-order chi connectivity index (χ1) is 8.08. The molecule has 4 heteroatoms. The van der Waals surface area contributed by atoms with Crippen LogP contribution in [-0.4, -0.2) is 12.1 Å². The Labute approximate surface area is 100 Å². The van der Waals surface area contributed by atoms with Crippen molar-refractivity contribution in [1.82, 2.24) is 0 Å². The summed E-state index contributed by atoms with van der Waals surface area (Å²) in [6.07, 6.45) is 1.32. The zero-order valence-corrected chi connectivity index (χ0v) is 9.72. The highest BCUT2D eigenvalue weighted by atomic mass is 16.5. The molecule has 0 amide bonds. The van der Waals surface area contributed by atoms with Crippen molar-refractivity contribution in [3.8, 4) is 12.1 Å². The van der Waals surface area contributed by atoms with Crippen molar-refractivity contribution in [3.05, 3.63) is 12.2 Å². The third-order valence-corrected chi connectivity index (χ3v) is 3.85. The van der Waals surface area contributed by atoms with Crippen LogP contribution in [0.25, 0.3) is 0 Å². The van der Waals surface area contributed by atoms with Crippen LogP contribution in [-0.2, 0) is 9.53 Å². The summed E-state index contributed by atoms with van der Waals surface area (Å²) in [7, 11) is 0. The molecule has 2 aliphatic carbocycles. The van der Waals surface area contributed by atoms with Gasteiger partial charge in [-0.1, -0.05) is 6.58 Å². The van der Waals surface area contributed by atoms with E-state index in [2.05, 4.69) is 18.7 Å². The number of fused-ring (bicyclic) bond motifs is 2. The van der Waals surface area contributed by atoms with Crippen molar-refractivity contribution < 1.29 is 9.53 Å². The SMILES string of the molecule is C=C(C)C(=O)OC1CC2CC1C(C#N)C2C#N. The van der Waals surface area contributed by atoms with E-state index < -0.39 is 5.97 Å². The standard InChI is InChI=1S/C13H14N2O2/c1-7(2)13(16)17-12-4-8-3-9(12)11(6-15)10(8)5-14/h8-12H,1,3-4H2,2H3. The molecule has 0 spiro atoms. The van der Waals surface area contributed by atoms with Crippen LogP contribution in [0.5, 0.6) is 0 Å². The predicted molar refractivity (Wildman–Crippen MR) is 59.1 cm³/mol. The van der Waals surface area contributed by atoms with Gasteiger partial charge in [-0.2, -0.15) is 10.5 Å². The molecule has 0 aliphatic heterocycles. The van der Waals surface area contributed by atoms with E-state index in [0.717, 1.165) is 6.42 Å². The van der Waals surface area contributed by atoms with Gasteiger partial charge in [0.25, 0.3) is 0 Å². The molecule has 0 aromatic heterocycles. The second-order valence-electron chi connectivity index (χ2n) is 4.93. The van der Waals surface area contributed by atoms with Gasteiger partial charge in [0.1, 0.15) is 6.10 Å². The Bertz CT molecular complexity index is 443. The van der Waals surface area contributed by atoms with Gasteiger partial charge in [0.2, 0.25) is 0 Å². The van der Waals surface area contributed by atoms with E-state index >= 15 is 0 Å².